The summed E-state index contributed by atoms with van der Waals surface area (Å²) < 4.78 is 0. The van der Waals surface area contributed by atoms with E-state index in [0.717, 1.165) is 12.6 Å². The van der Waals surface area contributed by atoms with E-state index in [2.05, 4.69) is 16.7 Å². The van der Waals surface area contributed by atoms with Crippen LogP contribution in [0.1, 0.15) is 12.8 Å². The maximum Gasteiger partial charge on any atom is 0.0224 e. The zero-order chi connectivity index (χ0) is 7.68. The van der Waals surface area contributed by atoms with Crippen LogP contribution in [0.25, 0.3) is 0 Å². The maximum absolute atomic E-state index is 3.93. The summed E-state index contributed by atoms with van der Waals surface area (Å²) in [6.45, 7) is 10.0. The Kier molecular flexibility index (Phi) is 2.14. The predicted octanol–water partition coefficient (Wildman–Crippen LogP) is 0.600. The van der Waals surface area contributed by atoms with Crippen LogP contribution in [-0.4, -0.2) is 48.6 Å². The summed E-state index contributed by atoms with van der Waals surface area (Å²) in [6, 6.07) is 0.866. The fourth-order valence-corrected chi connectivity index (χ4v) is 2.26. The molecule has 2 fully saturated rings. The van der Waals surface area contributed by atoms with Crippen LogP contribution in [0.2, 0.25) is 0 Å². The Morgan fingerprint density at radius 3 is 3.00 bits per heavy atom. The fraction of sp³-hybridized carbons (Fsp3) is 0.889. The molecule has 0 aromatic rings. The Bertz CT molecular complexity index is 136. The van der Waals surface area contributed by atoms with Crippen molar-refractivity contribution in [1.29, 1.82) is 0 Å². The van der Waals surface area contributed by atoms with Crippen LogP contribution in [-0.2, 0) is 0 Å². The number of hydrogen-bond donors (Lipinski definition) is 0. The topological polar surface area (TPSA) is 6.48 Å². The van der Waals surface area contributed by atoms with Crippen molar-refractivity contribution in [2.45, 2.75) is 18.9 Å². The Labute approximate surface area is 69.2 Å². The van der Waals surface area contributed by atoms with E-state index >= 15 is 0 Å². The lowest BCUT2D eigenvalue weighted by Crippen LogP contribution is -2.49. The van der Waals surface area contributed by atoms with Gasteiger partial charge in [0, 0.05) is 25.7 Å². The summed E-state index contributed by atoms with van der Waals surface area (Å²) in [5.41, 5.74) is 0. The molecule has 0 aromatic carbocycles. The highest BCUT2D eigenvalue weighted by Gasteiger charge is 2.29. The standard InChI is InChI=1S/C9H17N2/c1-2-10-6-7-11-5-3-4-9(11)8-10/h9H,1-8H2. The van der Waals surface area contributed by atoms with Crippen LogP contribution in [0.15, 0.2) is 0 Å². The first kappa shape index (κ1) is 7.56. The molecule has 1 unspecified atom stereocenters. The van der Waals surface area contributed by atoms with Crippen molar-refractivity contribution in [3.63, 3.8) is 0 Å². The largest absolute Gasteiger partial charge is 0.301 e. The Morgan fingerprint density at radius 1 is 1.27 bits per heavy atom. The average molecular weight is 153 g/mol. The second kappa shape index (κ2) is 3.11. The molecule has 2 aliphatic rings. The van der Waals surface area contributed by atoms with Crippen LogP contribution in [0.4, 0.5) is 0 Å². The number of piperazine rings is 1. The predicted molar refractivity (Wildman–Crippen MR) is 46.4 cm³/mol. The minimum atomic E-state index is 0.866. The molecule has 2 heteroatoms. The van der Waals surface area contributed by atoms with Gasteiger partial charge in [-0.25, -0.2) is 0 Å². The van der Waals surface area contributed by atoms with Gasteiger partial charge in [0.1, 0.15) is 0 Å². The molecule has 2 nitrogen and oxygen atoms in total. The molecule has 1 radical (unpaired) electrons. The number of nitrogens with zero attached hydrogens (tertiary/aromatic N) is 2. The summed E-state index contributed by atoms with van der Waals surface area (Å²) in [4.78, 5) is 5.10. The average Bonchev–Trinajstić information content (AvgIpc) is 2.50. The summed E-state index contributed by atoms with van der Waals surface area (Å²) >= 11 is 0. The summed E-state index contributed by atoms with van der Waals surface area (Å²) in [5, 5.41) is 0. The van der Waals surface area contributed by atoms with Crippen LogP contribution < -0.4 is 0 Å². The van der Waals surface area contributed by atoms with Gasteiger partial charge in [-0.2, -0.15) is 0 Å². The third-order valence-electron chi connectivity index (χ3n) is 2.99. The monoisotopic (exact) mass is 153 g/mol. The zero-order valence-corrected chi connectivity index (χ0v) is 7.13. The lowest BCUT2D eigenvalue weighted by atomic mass is 10.1. The first-order chi connectivity index (χ1) is 5.40. The molecular weight excluding hydrogens is 136 g/mol. The number of fused-ring (bicyclic) bond motifs is 1. The van der Waals surface area contributed by atoms with Crippen molar-refractivity contribution in [2.75, 3.05) is 32.7 Å². The van der Waals surface area contributed by atoms with Gasteiger partial charge in [-0.15, -0.1) is 0 Å². The molecule has 0 N–H and O–H groups in total. The maximum atomic E-state index is 3.93. The van der Waals surface area contributed by atoms with Crippen LogP contribution >= 0.6 is 0 Å². The molecule has 1 atom stereocenters. The molecule has 2 rings (SSSR count). The van der Waals surface area contributed by atoms with Crippen LogP contribution in [0.3, 0.4) is 0 Å². The minimum absolute atomic E-state index is 0.866. The third kappa shape index (κ3) is 1.42. The van der Waals surface area contributed by atoms with Crippen molar-refractivity contribution in [3.8, 4) is 0 Å². The van der Waals surface area contributed by atoms with E-state index in [-0.39, 0.29) is 0 Å². The molecule has 2 aliphatic heterocycles. The van der Waals surface area contributed by atoms with Crippen molar-refractivity contribution in [1.82, 2.24) is 9.80 Å². The van der Waals surface area contributed by atoms with Gasteiger partial charge in [0.15, 0.2) is 0 Å². The third-order valence-corrected chi connectivity index (χ3v) is 2.99. The van der Waals surface area contributed by atoms with Crippen molar-refractivity contribution < 1.29 is 0 Å². The van der Waals surface area contributed by atoms with E-state index in [9.17, 15) is 0 Å². The summed E-state index contributed by atoms with van der Waals surface area (Å²) in [7, 11) is 0. The molecule has 0 aliphatic carbocycles. The molecule has 11 heavy (non-hydrogen) atoms. The lowest BCUT2D eigenvalue weighted by molar-refractivity contribution is 0.113. The highest BCUT2D eigenvalue weighted by Crippen LogP contribution is 2.20. The second-order valence-electron chi connectivity index (χ2n) is 3.63. The van der Waals surface area contributed by atoms with Gasteiger partial charge in [0.2, 0.25) is 0 Å². The van der Waals surface area contributed by atoms with E-state index in [1.807, 2.05) is 0 Å². The van der Waals surface area contributed by atoms with Gasteiger partial charge < -0.3 is 4.90 Å². The van der Waals surface area contributed by atoms with E-state index in [0.29, 0.717) is 0 Å². The molecule has 0 bridgehead atoms. The van der Waals surface area contributed by atoms with Crippen LogP contribution in [0, 0.1) is 6.92 Å². The van der Waals surface area contributed by atoms with Crippen molar-refractivity contribution >= 4 is 0 Å². The van der Waals surface area contributed by atoms with Gasteiger partial charge >= 0.3 is 0 Å². The van der Waals surface area contributed by atoms with Crippen LogP contribution in [0.5, 0.6) is 0 Å². The molecule has 0 aromatic heterocycles. The zero-order valence-electron chi connectivity index (χ0n) is 7.13. The lowest BCUT2D eigenvalue weighted by Gasteiger charge is -2.36. The van der Waals surface area contributed by atoms with Gasteiger partial charge in [-0.1, -0.05) is 0 Å². The number of rotatable bonds is 1. The van der Waals surface area contributed by atoms with Crippen molar-refractivity contribution in [2.24, 2.45) is 0 Å². The van der Waals surface area contributed by atoms with E-state index in [1.54, 1.807) is 0 Å². The van der Waals surface area contributed by atoms with Gasteiger partial charge in [-0.3, -0.25) is 4.90 Å². The quantitative estimate of drug-likeness (QED) is 0.544. The second-order valence-corrected chi connectivity index (χ2v) is 3.63. The normalized spacial score (nSPS) is 34.1. The van der Waals surface area contributed by atoms with Gasteiger partial charge in [0.25, 0.3) is 0 Å². The Morgan fingerprint density at radius 2 is 2.18 bits per heavy atom. The molecule has 2 heterocycles. The molecule has 0 spiro atoms. The molecule has 0 saturated carbocycles. The van der Waals surface area contributed by atoms with E-state index < -0.39 is 0 Å². The highest BCUT2D eigenvalue weighted by molar-refractivity contribution is 4.86. The van der Waals surface area contributed by atoms with Gasteiger partial charge in [-0.05, 0) is 32.9 Å². The van der Waals surface area contributed by atoms with Crippen molar-refractivity contribution in [3.05, 3.63) is 6.92 Å². The van der Waals surface area contributed by atoms with E-state index in [1.165, 1.54) is 39.0 Å². The van der Waals surface area contributed by atoms with E-state index in [4.69, 9.17) is 0 Å². The first-order valence-electron chi connectivity index (χ1n) is 4.66. The smallest absolute Gasteiger partial charge is 0.0224 e. The first-order valence-corrected chi connectivity index (χ1v) is 4.66. The Balaban J connectivity index is 1.91. The Hall–Kier alpha value is -0.0800. The number of hydrogen-bond acceptors (Lipinski definition) is 2. The molecule has 2 saturated heterocycles. The molecule has 63 valence electrons. The van der Waals surface area contributed by atoms with Gasteiger partial charge in [0.05, 0.1) is 0 Å². The molecule has 0 amide bonds. The highest BCUT2D eigenvalue weighted by atomic mass is 15.3. The summed E-state index contributed by atoms with van der Waals surface area (Å²) in [5.74, 6) is 0. The fourth-order valence-electron chi connectivity index (χ4n) is 2.26. The SMILES string of the molecule is [CH2]CN1CCN2CCCC2C1. The minimum Gasteiger partial charge on any atom is -0.301 e. The molecular formula is C9H17N2. The summed E-state index contributed by atoms with van der Waals surface area (Å²) in [6.07, 6.45) is 2.83.